The van der Waals surface area contributed by atoms with Crippen molar-refractivity contribution < 1.29 is 0 Å². The number of benzene rings is 2. The van der Waals surface area contributed by atoms with Crippen molar-refractivity contribution in [3.8, 4) is 11.3 Å². The number of halogens is 2. The molecule has 0 unspecified atom stereocenters. The van der Waals surface area contributed by atoms with Gasteiger partial charge in [-0.2, -0.15) is 5.10 Å². The van der Waals surface area contributed by atoms with Gasteiger partial charge in [-0.15, -0.1) is 11.3 Å². The molecule has 0 saturated heterocycles. The standard InChI is InChI=1S/C16H11Cl2N3S/c17-13-7-6-12(8-14(13)18)15-10-22-16(20-15)21-19-9-11-4-2-1-3-5-11/h1-10H,(H,20,21)/b19-9-. The number of nitrogens with zero attached hydrogens (tertiary/aromatic N) is 2. The Balaban J connectivity index is 1.71. The molecule has 0 atom stereocenters. The zero-order valence-electron chi connectivity index (χ0n) is 11.3. The minimum absolute atomic E-state index is 0.517. The summed E-state index contributed by atoms with van der Waals surface area (Å²) in [4.78, 5) is 4.47. The number of nitrogens with one attached hydrogen (secondary N) is 1. The molecule has 0 aliphatic rings. The molecule has 0 aliphatic heterocycles. The third-order valence-corrected chi connectivity index (χ3v) is 4.38. The third kappa shape index (κ3) is 3.65. The highest BCUT2D eigenvalue weighted by atomic mass is 35.5. The second kappa shape index (κ2) is 6.92. The Bertz CT molecular complexity index is 800. The molecule has 0 saturated carbocycles. The van der Waals surface area contributed by atoms with Crippen molar-refractivity contribution in [3.63, 3.8) is 0 Å². The fourth-order valence-electron chi connectivity index (χ4n) is 1.81. The molecule has 0 amide bonds. The molecule has 1 aromatic heterocycles. The molecular formula is C16H11Cl2N3S. The summed E-state index contributed by atoms with van der Waals surface area (Å²) in [6.45, 7) is 0. The molecule has 0 aliphatic carbocycles. The largest absolute Gasteiger partial charge is 0.253 e. The van der Waals surface area contributed by atoms with Crippen LogP contribution in [0.4, 0.5) is 5.13 Å². The minimum atomic E-state index is 0.517. The molecular weight excluding hydrogens is 337 g/mol. The predicted molar refractivity (Wildman–Crippen MR) is 95.2 cm³/mol. The van der Waals surface area contributed by atoms with E-state index in [1.165, 1.54) is 11.3 Å². The van der Waals surface area contributed by atoms with Gasteiger partial charge < -0.3 is 0 Å². The monoisotopic (exact) mass is 347 g/mol. The van der Waals surface area contributed by atoms with Crippen LogP contribution in [0, 0.1) is 0 Å². The number of aromatic nitrogens is 1. The van der Waals surface area contributed by atoms with Crippen LogP contribution in [-0.4, -0.2) is 11.2 Å². The van der Waals surface area contributed by atoms with Crippen LogP contribution in [0.1, 0.15) is 5.56 Å². The van der Waals surface area contributed by atoms with E-state index in [-0.39, 0.29) is 0 Å². The van der Waals surface area contributed by atoms with Gasteiger partial charge in [0.2, 0.25) is 5.13 Å². The first-order chi connectivity index (χ1) is 10.7. The molecule has 3 aromatic rings. The number of hydrogen-bond acceptors (Lipinski definition) is 4. The van der Waals surface area contributed by atoms with E-state index >= 15 is 0 Å². The van der Waals surface area contributed by atoms with Crippen molar-refractivity contribution in [2.75, 3.05) is 5.43 Å². The van der Waals surface area contributed by atoms with Gasteiger partial charge in [-0.1, -0.05) is 59.6 Å². The highest BCUT2D eigenvalue weighted by Crippen LogP contribution is 2.30. The normalized spacial score (nSPS) is 11.0. The van der Waals surface area contributed by atoms with Gasteiger partial charge in [-0.05, 0) is 17.7 Å². The first-order valence-electron chi connectivity index (χ1n) is 6.47. The Hall–Kier alpha value is -1.88. The van der Waals surface area contributed by atoms with Crippen LogP contribution >= 0.6 is 34.5 Å². The lowest BCUT2D eigenvalue weighted by molar-refractivity contribution is 1.29. The second-order valence-electron chi connectivity index (χ2n) is 4.45. The summed E-state index contributed by atoms with van der Waals surface area (Å²) < 4.78 is 0. The van der Waals surface area contributed by atoms with Crippen molar-refractivity contribution in [3.05, 3.63) is 69.5 Å². The fraction of sp³-hybridized carbons (Fsp3) is 0. The molecule has 0 bridgehead atoms. The highest BCUT2D eigenvalue weighted by Gasteiger charge is 2.06. The van der Waals surface area contributed by atoms with Gasteiger partial charge >= 0.3 is 0 Å². The second-order valence-corrected chi connectivity index (χ2v) is 6.12. The summed E-state index contributed by atoms with van der Waals surface area (Å²) in [5.74, 6) is 0. The number of rotatable bonds is 4. The molecule has 22 heavy (non-hydrogen) atoms. The van der Waals surface area contributed by atoms with Gasteiger partial charge in [0, 0.05) is 10.9 Å². The summed E-state index contributed by atoms with van der Waals surface area (Å²) in [5.41, 5.74) is 5.71. The Labute approximate surface area is 142 Å². The number of thiazole rings is 1. The van der Waals surface area contributed by atoms with E-state index in [4.69, 9.17) is 23.2 Å². The Morgan fingerprint density at radius 1 is 1.05 bits per heavy atom. The quantitative estimate of drug-likeness (QED) is 0.495. The maximum Gasteiger partial charge on any atom is 0.203 e. The molecule has 3 nitrogen and oxygen atoms in total. The van der Waals surface area contributed by atoms with Crippen LogP contribution in [0.3, 0.4) is 0 Å². The van der Waals surface area contributed by atoms with Crippen molar-refractivity contribution in [1.29, 1.82) is 0 Å². The average molecular weight is 348 g/mol. The smallest absolute Gasteiger partial charge is 0.203 e. The third-order valence-electron chi connectivity index (χ3n) is 2.89. The van der Waals surface area contributed by atoms with Crippen molar-refractivity contribution in [2.45, 2.75) is 0 Å². The summed E-state index contributed by atoms with van der Waals surface area (Å²) in [6, 6.07) is 15.3. The molecule has 1 heterocycles. The molecule has 3 rings (SSSR count). The van der Waals surface area contributed by atoms with Gasteiger partial charge in [0.15, 0.2) is 0 Å². The Kier molecular flexibility index (Phi) is 4.73. The van der Waals surface area contributed by atoms with Gasteiger partial charge in [0.25, 0.3) is 0 Å². The van der Waals surface area contributed by atoms with Gasteiger partial charge in [0.05, 0.1) is 22.0 Å². The van der Waals surface area contributed by atoms with Crippen LogP contribution in [-0.2, 0) is 0 Å². The fourth-order valence-corrected chi connectivity index (χ4v) is 2.78. The summed E-state index contributed by atoms with van der Waals surface area (Å²) in [7, 11) is 0. The van der Waals surface area contributed by atoms with Crippen LogP contribution in [0.25, 0.3) is 11.3 Å². The predicted octanol–water partition coefficient (Wildman–Crippen LogP) is 5.56. The first kappa shape index (κ1) is 15.0. The van der Waals surface area contributed by atoms with Gasteiger partial charge in [-0.25, -0.2) is 4.98 Å². The molecule has 0 fully saturated rings. The SMILES string of the molecule is Clc1ccc(-c2csc(N/N=C\c3ccccc3)n2)cc1Cl. The zero-order chi connectivity index (χ0) is 15.4. The summed E-state index contributed by atoms with van der Waals surface area (Å²) in [5, 5.41) is 7.89. The van der Waals surface area contributed by atoms with Crippen molar-refractivity contribution in [1.82, 2.24) is 4.98 Å². The van der Waals surface area contributed by atoms with E-state index in [9.17, 15) is 0 Å². The van der Waals surface area contributed by atoms with Crippen LogP contribution in [0.15, 0.2) is 59.0 Å². The van der Waals surface area contributed by atoms with Crippen LogP contribution < -0.4 is 5.43 Å². The van der Waals surface area contributed by atoms with Crippen LogP contribution in [0.5, 0.6) is 0 Å². The lowest BCUT2D eigenvalue weighted by Crippen LogP contribution is -1.89. The van der Waals surface area contributed by atoms with Crippen molar-refractivity contribution >= 4 is 45.9 Å². The summed E-state index contributed by atoms with van der Waals surface area (Å²) in [6.07, 6.45) is 1.75. The van der Waals surface area contributed by atoms with Gasteiger partial charge in [-0.3, -0.25) is 5.43 Å². The lowest BCUT2D eigenvalue weighted by atomic mass is 10.2. The topological polar surface area (TPSA) is 37.3 Å². The Morgan fingerprint density at radius 3 is 2.64 bits per heavy atom. The van der Waals surface area contributed by atoms with Crippen molar-refractivity contribution in [2.24, 2.45) is 5.10 Å². The molecule has 1 N–H and O–H groups in total. The summed E-state index contributed by atoms with van der Waals surface area (Å²) >= 11 is 13.4. The first-order valence-corrected chi connectivity index (χ1v) is 8.11. The molecule has 0 spiro atoms. The minimum Gasteiger partial charge on any atom is -0.253 e. The van der Waals surface area contributed by atoms with Crippen LogP contribution in [0.2, 0.25) is 10.0 Å². The zero-order valence-corrected chi connectivity index (χ0v) is 13.7. The van der Waals surface area contributed by atoms with E-state index < -0.39 is 0 Å². The van der Waals surface area contributed by atoms with E-state index in [0.29, 0.717) is 15.2 Å². The number of anilines is 1. The molecule has 2 aromatic carbocycles. The Morgan fingerprint density at radius 2 is 1.86 bits per heavy atom. The highest BCUT2D eigenvalue weighted by molar-refractivity contribution is 7.14. The van der Waals surface area contributed by atoms with E-state index in [1.54, 1.807) is 18.3 Å². The molecule has 110 valence electrons. The van der Waals surface area contributed by atoms with Gasteiger partial charge in [0.1, 0.15) is 0 Å². The molecule has 6 heteroatoms. The van der Waals surface area contributed by atoms with E-state index in [0.717, 1.165) is 16.8 Å². The maximum atomic E-state index is 6.03. The average Bonchev–Trinajstić information content (AvgIpc) is 3.00. The van der Waals surface area contributed by atoms with E-state index in [1.807, 2.05) is 41.8 Å². The molecule has 0 radical (unpaired) electrons. The lowest BCUT2D eigenvalue weighted by Gasteiger charge is -1.99. The maximum absolute atomic E-state index is 6.03. The van der Waals surface area contributed by atoms with E-state index in [2.05, 4.69) is 15.5 Å². The number of hydrogen-bond donors (Lipinski definition) is 1. The number of hydrazone groups is 1.